The SMILES string of the molecule is CCc1ccc(Oc2c(C(F)(F)F)oc3cc(OCc4ccc(Cl)cc4Cl)ccc3c2=O)cc1. The van der Waals surface area contributed by atoms with E-state index in [0.29, 0.717) is 15.6 Å². The Kier molecular flexibility index (Phi) is 6.77. The largest absolute Gasteiger partial charge is 0.489 e. The summed E-state index contributed by atoms with van der Waals surface area (Å²) < 4.78 is 57.4. The average molecular weight is 509 g/mol. The van der Waals surface area contributed by atoms with Crippen LogP contribution in [0.5, 0.6) is 17.2 Å². The predicted octanol–water partition coefficient (Wildman–Crippen LogP) is 8.05. The summed E-state index contributed by atoms with van der Waals surface area (Å²) in [5.41, 5.74) is 0.369. The molecule has 0 aliphatic heterocycles. The highest BCUT2D eigenvalue weighted by atomic mass is 35.5. The van der Waals surface area contributed by atoms with Crippen molar-refractivity contribution in [3.05, 3.63) is 97.8 Å². The normalized spacial score (nSPS) is 11.6. The van der Waals surface area contributed by atoms with Crippen LogP contribution in [0.4, 0.5) is 13.2 Å². The van der Waals surface area contributed by atoms with Gasteiger partial charge in [-0.05, 0) is 48.4 Å². The molecule has 4 nitrogen and oxygen atoms in total. The molecule has 0 fully saturated rings. The highest BCUT2D eigenvalue weighted by molar-refractivity contribution is 6.35. The Morgan fingerprint density at radius 1 is 0.941 bits per heavy atom. The first-order valence-corrected chi connectivity index (χ1v) is 10.9. The summed E-state index contributed by atoms with van der Waals surface area (Å²) in [5.74, 6) is -2.17. The molecule has 0 amide bonds. The third kappa shape index (κ3) is 5.16. The highest BCUT2D eigenvalue weighted by Crippen LogP contribution is 2.38. The molecule has 4 aromatic rings. The lowest BCUT2D eigenvalue weighted by molar-refractivity contribution is -0.154. The minimum atomic E-state index is -4.96. The van der Waals surface area contributed by atoms with E-state index < -0.39 is 23.1 Å². The van der Waals surface area contributed by atoms with Crippen molar-refractivity contribution in [2.75, 3.05) is 0 Å². The van der Waals surface area contributed by atoms with Gasteiger partial charge in [0, 0.05) is 21.7 Å². The summed E-state index contributed by atoms with van der Waals surface area (Å²) in [7, 11) is 0. The number of hydrogen-bond donors (Lipinski definition) is 0. The van der Waals surface area contributed by atoms with Gasteiger partial charge in [0.25, 0.3) is 5.76 Å². The lowest BCUT2D eigenvalue weighted by Crippen LogP contribution is -2.15. The lowest BCUT2D eigenvalue weighted by atomic mass is 10.1. The maximum Gasteiger partial charge on any atom is 0.453 e. The fraction of sp³-hybridized carbons (Fsp3) is 0.160. The second-order valence-electron chi connectivity index (χ2n) is 7.37. The fourth-order valence-electron chi connectivity index (χ4n) is 3.24. The summed E-state index contributed by atoms with van der Waals surface area (Å²) in [6.07, 6.45) is -4.21. The van der Waals surface area contributed by atoms with Crippen LogP contribution in [0.1, 0.15) is 23.8 Å². The maximum absolute atomic E-state index is 13.8. The molecule has 3 aromatic carbocycles. The van der Waals surface area contributed by atoms with Crippen LogP contribution in [0, 0.1) is 0 Å². The van der Waals surface area contributed by atoms with Gasteiger partial charge in [0.05, 0.1) is 5.39 Å². The maximum atomic E-state index is 13.8. The quantitative estimate of drug-likeness (QED) is 0.264. The van der Waals surface area contributed by atoms with Gasteiger partial charge in [0.15, 0.2) is 0 Å². The Balaban J connectivity index is 1.70. The van der Waals surface area contributed by atoms with Crippen molar-refractivity contribution in [1.29, 1.82) is 0 Å². The average Bonchev–Trinajstić information content (AvgIpc) is 2.80. The zero-order valence-corrected chi connectivity index (χ0v) is 19.2. The molecule has 0 radical (unpaired) electrons. The molecule has 34 heavy (non-hydrogen) atoms. The van der Waals surface area contributed by atoms with E-state index in [1.165, 1.54) is 30.3 Å². The number of ether oxygens (including phenoxy) is 2. The van der Waals surface area contributed by atoms with Crippen molar-refractivity contribution in [3.63, 3.8) is 0 Å². The zero-order valence-electron chi connectivity index (χ0n) is 17.7. The van der Waals surface area contributed by atoms with Crippen LogP contribution in [0.3, 0.4) is 0 Å². The molecule has 0 spiro atoms. The molecule has 0 bridgehead atoms. The monoisotopic (exact) mass is 508 g/mol. The molecule has 0 aliphatic carbocycles. The van der Waals surface area contributed by atoms with Crippen LogP contribution in [-0.2, 0) is 19.2 Å². The number of alkyl halides is 3. The Hall–Kier alpha value is -3.16. The van der Waals surface area contributed by atoms with Gasteiger partial charge >= 0.3 is 6.18 Å². The molecule has 1 aromatic heterocycles. The van der Waals surface area contributed by atoms with Crippen molar-refractivity contribution < 1.29 is 27.1 Å². The standard InChI is InChI=1S/C25H17Cl2F3O4/c1-2-14-3-7-17(8-4-14)33-23-22(31)19-10-9-18(12-21(19)34-24(23)25(28,29)30)32-13-15-5-6-16(26)11-20(15)27/h3-12H,2,13H2,1H3. The first-order valence-electron chi connectivity index (χ1n) is 10.2. The van der Waals surface area contributed by atoms with Crippen LogP contribution in [0.2, 0.25) is 10.0 Å². The Morgan fingerprint density at radius 3 is 2.29 bits per heavy atom. The van der Waals surface area contributed by atoms with E-state index in [2.05, 4.69) is 0 Å². The Morgan fingerprint density at radius 2 is 1.65 bits per heavy atom. The number of halogens is 5. The van der Waals surface area contributed by atoms with Crippen LogP contribution in [0.15, 0.2) is 69.9 Å². The molecule has 9 heteroatoms. The van der Waals surface area contributed by atoms with Crippen molar-refractivity contribution in [2.45, 2.75) is 26.1 Å². The van der Waals surface area contributed by atoms with Gasteiger partial charge in [-0.1, -0.05) is 48.3 Å². The number of hydrogen-bond acceptors (Lipinski definition) is 4. The van der Waals surface area contributed by atoms with E-state index in [-0.39, 0.29) is 29.1 Å². The van der Waals surface area contributed by atoms with Gasteiger partial charge in [-0.2, -0.15) is 13.2 Å². The van der Waals surface area contributed by atoms with Gasteiger partial charge in [-0.25, -0.2) is 0 Å². The summed E-state index contributed by atoms with van der Waals surface area (Å²) in [4.78, 5) is 12.9. The second kappa shape index (κ2) is 9.60. The first-order chi connectivity index (χ1) is 16.2. The van der Waals surface area contributed by atoms with E-state index >= 15 is 0 Å². The van der Waals surface area contributed by atoms with Crippen molar-refractivity contribution in [3.8, 4) is 17.2 Å². The fourth-order valence-corrected chi connectivity index (χ4v) is 3.70. The number of rotatable bonds is 6. The van der Waals surface area contributed by atoms with Gasteiger partial charge in [-0.15, -0.1) is 0 Å². The first kappa shape index (κ1) is 24.0. The minimum absolute atomic E-state index is 0.0345. The van der Waals surface area contributed by atoms with Crippen molar-refractivity contribution in [1.82, 2.24) is 0 Å². The molecule has 176 valence electrons. The summed E-state index contributed by atoms with van der Waals surface area (Å²) >= 11 is 12.0. The van der Waals surface area contributed by atoms with Gasteiger partial charge < -0.3 is 13.9 Å². The number of benzene rings is 3. The lowest BCUT2D eigenvalue weighted by Gasteiger charge is -2.14. The van der Waals surface area contributed by atoms with E-state index in [1.807, 2.05) is 6.92 Å². The highest BCUT2D eigenvalue weighted by Gasteiger charge is 2.40. The molecule has 1 heterocycles. The molecule has 0 unspecified atom stereocenters. The zero-order chi connectivity index (χ0) is 24.5. The summed E-state index contributed by atoms with van der Waals surface area (Å²) in [6.45, 7) is 1.98. The van der Waals surface area contributed by atoms with E-state index in [0.717, 1.165) is 12.0 Å². The Labute approximate surface area is 202 Å². The molecule has 0 saturated heterocycles. The van der Waals surface area contributed by atoms with Crippen LogP contribution in [0.25, 0.3) is 11.0 Å². The van der Waals surface area contributed by atoms with E-state index in [4.69, 9.17) is 37.1 Å². The Bertz CT molecular complexity index is 1400. The molecular formula is C25H17Cl2F3O4. The minimum Gasteiger partial charge on any atom is -0.489 e. The van der Waals surface area contributed by atoms with E-state index in [1.54, 1.807) is 30.3 Å². The van der Waals surface area contributed by atoms with E-state index in [9.17, 15) is 18.0 Å². The predicted molar refractivity (Wildman–Crippen MR) is 124 cm³/mol. The summed E-state index contributed by atoms with van der Waals surface area (Å²) in [5, 5.41) is 0.762. The third-order valence-corrected chi connectivity index (χ3v) is 5.63. The molecule has 0 saturated carbocycles. The van der Waals surface area contributed by atoms with Crippen LogP contribution in [-0.4, -0.2) is 0 Å². The number of fused-ring (bicyclic) bond motifs is 1. The van der Waals surface area contributed by atoms with Gasteiger partial charge in [0.2, 0.25) is 11.2 Å². The van der Waals surface area contributed by atoms with Crippen molar-refractivity contribution in [2.24, 2.45) is 0 Å². The van der Waals surface area contributed by atoms with Crippen LogP contribution < -0.4 is 14.9 Å². The number of aryl methyl sites for hydroxylation is 1. The molecular weight excluding hydrogens is 492 g/mol. The van der Waals surface area contributed by atoms with Crippen LogP contribution >= 0.6 is 23.2 Å². The molecule has 0 aliphatic rings. The topological polar surface area (TPSA) is 48.7 Å². The molecule has 4 rings (SSSR count). The second-order valence-corrected chi connectivity index (χ2v) is 8.21. The third-order valence-electron chi connectivity index (χ3n) is 5.04. The van der Waals surface area contributed by atoms with Gasteiger partial charge in [-0.3, -0.25) is 4.79 Å². The molecule has 0 N–H and O–H groups in total. The molecule has 0 atom stereocenters. The smallest absolute Gasteiger partial charge is 0.453 e. The summed E-state index contributed by atoms with van der Waals surface area (Å²) in [6, 6.07) is 15.3. The van der Waals surface area contributed by atoms with Crippen molar-refractivity contribution >= 4 is 34.2 Å². The van der Waals surface area contributed by atoms with Gasteiger partial charge in [0.1, 0.15) is 23.7 Å².